The summed E-state index contributed by atoms with van der Waals surface area (Å²) in [6.07, 6.45) is -0.410. The van der Waals surface area contributed by atoms with Crippen LogP contribution in [0.3, 0.4) is 0 Å². The van der Waals surface area contributed by atoms with Gasteiger partial charge in [0.05, 0.1) is 12.0 Å². The number of esters is 1. The van der Waals surface area contributed by atoms with E-state index in [0.29, 0.717) is 17.0 Å². The smallest absolute Gasteiger partial charge is 0.408 e. The van der Waals surface area contributed by atoms with Gasteiger partial charge in [0, 0.05) is 5.02 Å². The predicted octanol–water partition coefficient (Wildman–Crippen LogP) is 3.25. The molecule has 1 aromatic rings. The number of amides is 2. The van der Waals surface area contributed by atoms with Crippen LogP contribution in [-0.4, -0.2) is 42.4 Å². The van der Waals surface area contributed by atoms with E-state index >= 15 is 0 Å². The van der Waals surface area contributed by atoms with Gasteiger partial charge in [0.2, 0.25) is 5.91 Å². The van der Waals surface area contributed by atoms with Crippen LogP contribution >= 0.6 is 11.6 Å². The van der Waals surface area contributed by atoms with Crippen molar-refractivity contribution in [1.29, 1.82) is 0 Å². The number of alkyl carbamates (subject to hydrolysis) is 1. The predicted molar refractivity (Wildman–Crippen MR) is 116 cm³/mol. The zero-order chi connectivity index (χ0) is 23.6. The topological polar surface area (TPSA) is 111 Å². The second kappa shape index (κ2) is 12.9. The van der Waals surface area contributed by atoms with E-state index in [1.165, 1.54) is 6.92 Å². The van der Waals surface area contributed by atoms with Crippen LogP contribution in [0.2, 0.25) is 5.02 Å². The molecule has 2 N–H and O–H groups in total. The maximum atomic E-state index is 12.6. The van der Waals surface area contributed by atoms with Crippen molar-refractivity contribution in [2.45, 2.75) is 59.7 Å². The quantitative estimate of drug-likeness (QED) is 0.496. The minimum Gasteiger partial charge on any atom is -0.457 e. The Balaban J connectivity index is 2.62. The first-order chi connectivity index (χ1) is 14.5. The molecule has 0 aromatic heterocycles. The van der Waals surface area contributed by atoms with Crippen molar-refractivity contribution in [2.24, 2.45) is 11.8 Å². The highest BCUT2D eigenvalue weighted by molar-refractivity contribution is 6.30. The Bertz CT molecular complexity index is 781. The lowest BCUT2D eigenvalue weighted by Crippen LogP contribution is -2.51. The maximum absolute atomic E-state index is 12.6. The molecule has 0 saturated carbocycles. The summed E-state index contributed by atoms with van der Waals surface area (Å²) in [6, 6.07) is 5.11. The third-order valence-electron chi connectivity index (χ3n) is 4.24. The average Bonchev–Trinajstić information content (AvgIpc) is 2.69. The first-order valence-corrected chi connectivity index (χ1v) is 10.5. The molecular weight excluding hydrogens is 424 g/mol. The number of halogens is 1. The third-order valence-corrected chi connectivity index (χ3v) is 4.48. The van der Waals surface area contributed by atoms with E-state index in [0.717, 1.165) is 0 Å². The van der Waals surface area contributed by atoms with Crippen molar-refractivity contribution in [3.8, 4) is 0 Å². The Morgan fingerprint density at radius 2 is 1.68 bits per heavy atom. The van der Waals surface area contributed by atoms with Gasteiger partial charge in [-0.15, -0.1) is 0 Å². The number of hydrogen-bond donors (Lipinski definition) is 2. The highest BCUT2D eigenvalue weighted by atomic mass is 35.5. The molecule has 0 spiro atoms. The van der Waals surface area contributed by atoms with Gasteiger partial charge in [-0.3, -0.25) is 14.4 Å². The summed E-state index contributed by atoms with van der Waals surface area (Å²) in [4.78, 5) is 48.5. The summed E-state index contributed by atoms with van der Waals surface area (Å²) < 4.78 is 10.1. The first-order valence-electron chi connectivity index (χ1n) is 10.2. The number of rotatable bonds is 11. The van der Waals surface area contributed by atoms with Crippen molar-refractivity contribution in [1.82, 2.24) is 10.6 Å². The molecule has 0 unspecified atom stereocenters. The number of carbonyl (C=O) groups excluding carboxylic acids is 4. The molecule has 0 heterocycles. The Kier molecular flexibility index (Phi) is 11.0. The molecule has 0 radical (unpaired) electrons. The molecule has 0 aliphatic rings. The van der Waals surface area contributed by atoms with Gasteiger partial charge in [-0.25, -0.2) is 4.79 Å². The van der Waals surface area contributed by atoms with Gasteiger partial charge < -0.3 is 20.1 Å². The normalized spacial score (nSPS) is 12.8. The minimum atomic E-state index is -0.889. The van der Waals surface area contributed by atoms with E-state index in [1.807, 2.05) is 13.8 Å². The zero-order valence-electron chi connectivity index (χ0n) is 18.6. The fourth-order valence-corrected chi connectivity index (χ4v) is 2.70. The van der Waals surface area contributed by atoms with Crippen molar-refractivity contribution in [2.75, 3.05) is 6.61 Å². The monoisotopic (exact) mass is 454 g/mol. The molecule has 0 aliphatic heterocycles. The van der Waals surface area contributed by atoms with Crippen LogP contribution < -0.4 is 10.6 Å². The van der Waals surface area contributed by atoms with Gasteiger partial charge in [-0.05, 0) is 37.0 Å². The summed E-state index contributed by atoms with van der Waals surface area (Å²) >= 11 is 5.91. The zero-order valence-corrected chi connectivity index (χ0v) is 19.3. The molecule has 31 heavy (non-hydrogen) atoms. The van der Waals surface area contributed by atoms with Gasteiger partial charge in [-0.2, -0.15) is 0 Å². The van der Waals surface area contributed by atoms with Crippen molar-refractivity contribution in [3.05, 3.63) is 34.9 Å². The van der Waals surface area contributed by atoms with E-state index in [9.17, 15) is 19.2 Å². The summed E-state index contributed by atoms with van der Waals surface area (Å²) in [5.41, 5.74) is 0.711. The molecule has 1 rings (SSSR count). The van der Waals surface area contributed by atoms with Gasteiger partial charge in [0.1, 0.15) is 12.6 Å². The molecule has 9 heteroatoms. The lowest BCUT2D eigenvalue weighted by atomic mass is 10.0. The highest BCUT2D eigenvalue weighted by Gasteiger charge is 2.26. The Morgan fingerprint density at radius 1 is 1.00 bits per heavy atom. The largest absolute Gasteiger partial charge is 0.457 e. The Labute approximate surface area is 188 Å². The molecule has 172 valence electrons. The molecule has 0 saturated heterocycles. The molecule has 2 amide bonds. The SMILES string of the molecule is CC(C)C[C@H](NC(=O)OCc1cccc(Cl)c1)C(=O)N[C@@H](C)C(=O)COC(=O)C(C)C. The summed E-state index contributed by atoms with van der Waals surface area (Å²) in [5.74, 6) is -1.72. The fraction of sp³-hybridized carbons (Fsp3) is 0.545. The van der Waals surface area contributed by atoms with Crippen molar-refractivity contribution < 1.29 is 28.7 Å². The standard InChI is InChI=1S/C22H31ClN2O6/c1-13(2)9-18(25-22(29)31-11-16-7-6-8-17(23)10-16)20(27)24-15(5)19(26)12-30-21(28)14(3)4/h6-8,10,13-15,18H,9,11-12H2,1-5H3,(H,24,27)(H,25,29)/t15-,18-/m0/s1. The van der Waals surface area contributed by atoms with Crippen LogP contribution in [0, 0.1) is 11.8 Å². The van der Waals surface area contributed by atoms with Crippen LogP contribution in [-0.2, 0) is 30.5 Å². The van der Waals surface area contributed by atoms with Crippen LogP contribution in [0.25, 0.3) is 0 Å². The molecule has 0 bridgehead atoms. The van der Waals surface area contributed by atoms with Crippen molar-refractivity contribution in [3.63, 3.8) is 0 Å². The Hall–Kier alpha value is -2.61. The number of ether oxygens (including phenoxy) is 2. The third kappa shape index (κ3) is 10.3. The maximum Gasteiger partial charge on any atom is 0.408 e. The van der Waals surface area contributed by atoms with Gasteiger partial charge in [-0.1, -0.05) is 51.4 Å². The number of hydrogen-bond acceptors (Lipinski definition) is 6. The van der Waals surface area contributed by atoms with Gasteiger partial charge in [0.25, 0.3) is 0 Å². The molecule has 0 aliphatic carbocycles. The molecule has 1 aromatic carbocycles. The van der Waals surface area contributed by atoms with E-state index in [2.05, 4.69) is 10.6 Å². The Morgan fingerprint density at radius 3 is 2.26 bits per heavy atom. The average molecular weight is 455 g/mol. The fourth-order valence-electron chi connectivity index (χ4n) is 2.49. The van der Waals surface area contributed by atoms with E-state index in [-0.39, 0.29) is 18.4 Å². The molecule has 0 fully saturated rings. The van der Waals surface area contributed by atoms with E-state index < -0.39 is 42.4 Å². The van der Waals surface area contributed by atoms with Crippen molar-refractivity contribution >= 4 is 35.4 Å². The molecule has 8 nitrogen and oxygen atoms in total. The van der Waals surface area contributed by atoms with Crippen LogP contribution in [0.4, 0.5) is 4.79 Å². The van der Waals surface area contributed by atoms with E-state index in [4.69, 9.17) is 21.1 Å². The second-order valence-electron chi connectivity index (χ2n) is 7.99. The molecule has 2 atom stereocenters. The lowest BCUT2D eigenvalue weighted by molar-refractivity contribution is -0.151. The van der Waals surface area contributed by atoms with Gasteiger partial charge in [0.15, 0.2) is 12.4 Å². The van der Waals surface area contributed by atoms with E-state index in [1.54, 1.807) is 38.1 Å². The van der Waals surface area contributed by atoms with Crippen LogP contribution in [0.1, 0.15) is 46.6 Å². The summed E-state index contributed by atoms with van der Waals surface area (Å²) in [5, 5.41) is 5.62. The number of benzene rings is 1. The van der Waals surface area contributed by atoms with Gasteiger partial charge >= 0.3 is 12.1 Å². The molecular formula is C22H31ClN2O6. The number of Topliss-reactive ketones (excluding diaryl/α,β-unsaturated/α-hetero) is 1. The number of carbonyl (C=O) groups is 4. The highest BCUT2D eigenvalue weighted by Crippen LogP contribution is 2.12. The van der Waals surface area contributed by atoms with Crippen LogP contribution in [0.5, 0.6) is 0 Å². The number of nitrogens with one attached hydrogen (secondary N) is 2. The summed E-state index contributed by atoms with van der Waals surface area (Å²) in [7, 11) is 0. The second-order valence-corrected chi connectivity index (χ2v) is 8.43. The first kappa shape index (κ1) is 26.4. The lowest BCUT2D eigenvalue weighted by Gasteiger charge is -2.22. The number of ketones is 1. The summed E-state index contributed by atoms with van der Waals surface area (Å²) in [6.45, 7) is 8.18. The van der Waals surface area contributed by atoms with Crippen LogP contribution in [0.15, 0.2) is 24.3 Å². The minimum absolute atomic E-state index is 0.00147.